The molecule has 9 nitrogen and oxygen atoms in total. The summed E-state index contributed by atoms with van der Waals surface area (Å²) in [7, 11) is 1.91. The first-order valence-corrected chi connectivity index (χ1v) is 11.5. The fraction of sp³-hybridized carbons (Fsp3) is 0.458. The molecule has 0 spiro atoms. The molecule has 1 aromatic carbocycles. The SMILES string of the molecule is CCN1c2nc(-c3cccc(-c4ccn(C)n4)c3)nc(N3CCOCC3)c2NC1C(C)(C)O. The van der Waals surface area contributed by atoms with Gasteiger partial charge >= 0.3 is 0 Å². The maximum atomic E-state index is 10.8. The van der Waals surface area contributed by atoms with Gasteiger partial charge in [-0.2, -0.15) is 5.10 Å². The van der Waals surface area contributed by atoms with Crippen LogP contribution in [0.1, 0.15) is 20.8 Å². The van der Waals surface area contributed by atoms with Crippen molar-refractivity contribution in [3.05, 3.63) is 36.5 Å². The van der Waals surface area contributed by atoms with Crippen LogP contribution in [0.5, 0.6) is 0 Å². The second-order valence-corrected chi connectivity index (χ2v) is 9.11. The standard InChI is InChI=1S/C24H31N7O2/c1-5-31-22-19(25-23(31)24(2,3)32)21(30-11-13-33-14-12-30)26-20(27-22)17-8-6-7-16(15-17)18-9-10-29(4)28-18/h6-10,15,23,25,32H,5,11-14H2,1-4H3. The maximum absolute atomic E-state index is 10.8. The highest BCUT2D eigenvalue weighted by Gasteiger charge is 2.41. The Kier molecular flexibility index (Phi) is 5.46. The van der Waals surface area contributed by atoms with Crippen LogP contribution in [0.25, 0.3) is 22.6 Å². The zero-order valence-electron chi connectivity index (χ0n) is 19.6. The largest absolute Gasteiger partial charge is 0.386 e. The Hall–Kier alpha value is -3.17. The van der Waals surface area contributed by atoms with Gasteiger partial charge in [-0.25, -0.2) is 9.97 Å². The molecular weight excluding hydrogens is 418 g/mol. The number of aromatic nitrogens is 4. The number of fused-ring (bicyclic) bond motifs is 1. The average molecular weight is 450 g/mol. The van der Waals surface area contributed by atoms with Gasteiger partial charge in [0.15, 0.2) is 17.5 Å². The monoisotopic (exact) mass is 449 g/mol. The van der Waals surface area contributed by atoms with Crippen molar-refractivity contribution < 1.29 is 9.84 Å². The Labute approximate surface area is 194 Å². The van der Waals surface area contributed by atoms with Crippen LogP contribution < -0.4 is 15.1 Å². The highest BCUT2D eigenvalue weighted by atomic mass is 16.5. The predicted octanol–water partition coefficient (Wildman–Crippen LogP) is 2.73. The van der Waals surface area contributed by atoms with Gasteiger partial charge in [0.25, 0.3) is 0 Å². The van der Waals surface area contributed by atoms with Crippen molar-refractivity contribution in [1.29, 1.82) is 0 Å². The molecule has 9 heteroatoms. The van der Waals surface area contributed by atoms with E-state index in [-0.39, 0.29) is 6.17 Å². The molecule has 2 aliphatic rings. The number of nitrogens with zero attached hydrogens (tertiary/aromatic N) is 6. The van der Waals surface area contributed by atoms with Gasteiger partial charge in [0.2, 0.25) is 0 Å². The highest BCUT2D eigenvalue weighted by molar-refractivity contribution is 5.85. The van der Waals surface area contributed by atoms with E-state index < -0.39 is 5.60 Å². The van der Waals surface area contributed by atoms with Crippen LogP contribution in [-0.2, 0) is 11.8 Å². The first kappa shape index (κ1) is 21.7. The van der Waals surface area contributed by atoms with Gasteiger partial charge in [0, 0.05) is 44.0 Å². The van der Waals surface area contributed by atoms with Crippen molar-refractivity contribution in [2.45, 2.75) is 32.5 Å². The molecule has 0 bridgehead atoms. The van der Waals surface area contributed by atoms with E-state index in [9.17, 15) is 5.11 Å². The maximum Gasteiger partial charge on any atom is 0.164 e. The first-order valence-electron chi connectivity index (χ1n) is 11.5. The minimum absolute atomic E-state index is 0.290. The van der Waals surface area contributed by atoms with Crippen molar-refractivity contribution in [2.24, 2.45) is 7.05 Å². The molecule has 0 amide bonds. The second-order valence-electron chi connectivity index (χ2n) is 9.11. The highest BCUT2D eigenvalue weighted by Crippen LogP contribution is 2.43. The number of hydrogen-bond acceptors (Lipinski definition) is 8. The third kappa shape index (κ3) is 4.02. The van der Waals surface area contributed by atoms with Crippen molar-refractivity contribution >= 4 is 17.3 Å². The van der Waals surface area contributed by atoms with Crippen molar-refractivity contribution in [1.82, 2.24) is 19.7 Å². The molecule has 174 valence electrons. The quantitative estimate of drug-likeness (QED) is 0.614. The lowest BCUT2D eigenvalue weighted by atomic mass is 10.1. The number of hydrogen-bond donors (Lipinski definition) is 2. The van der Waals surface area contributed by atoms with Crippen LogP contribution in [-0.4, -0.2) is 69.5 Å². The molecule has 1 unspecified atom stereocenters. The number of rotatable bonds is 5. The van der Waals surface area contributed by atoms with Crippen LogP contribution in [0.15, 0.2) is 36.5 Å². The van der Waals surface area contributed by atoms with Gasteiger partial charge < -0.3 is 25.0 Å². The zero-order valence-corrected chi connectivity index (χ0v) is 19.6. The Morgan fingerprint density at radius 1 is 1.12 bits per heavy atom. The summed E-state index contributed by atoms with van der Waals surface area (Å²) >= 11 is 0. The van der Waals surface area contributed by atoms with Crippen LogP contribution in [0.2, 0.25) is 0 Å². The molecule has 1 saturated heterocycles. The summed E-state index contributed by atoms with van der Waals surface area (Å²) < 4.78 is 7.37. The van der Waals surface area contributed by atoms with E-state index in [0.29, 0.717) is 25.6 Å². The number of anilines is 3. The Balaban J connectivity index is 1.63. The molecule has 2 aromatic heterocycles. The molecule has 3 aromatic rings. The van der Waals surface area contributed by atoms with Gasteiger partial charge in [-0.05, 0) is 32.9 Å². The van der Waals surface area contributed by atoms with Gasteiger partial charge in [0.05, 0.1) is 24.5 Å². The molecule has 0 aliphatic carbocycles. The third-order valence-electron chi connectivity index (χ3n) is 6.19. The lowest BCUT2D eigenvalue weighted by Crippen LogP contribution is -2.51. The van der Waals surface area contributed by atoms with Gasteiger partial charge in [-0.3, -0.25) is 4.68 Å². The minimum Gasteiger partial charge on any atom is -0.386 e. The first-order chi connectivity index (χ1) is 15.8. The summed E-state index contributed by atoms with van der Waals surface area (Å²) in [6, 6.07) is 10.2. The molecule has 0 radical (unpaired) electrons. The van der Waals surface area contributed by atoms with E-state index in [1.807, 2.05) is 51.4 Å². The average Bonchev–Trinajstić information content (AvgIpc) is 3.42. The van der Waals surface area contributed by atoms with Crippen molar-refractivity contribution in [2.75, 3.05) is 48.0 Å². The van der Waals surface area contributed by atoms with Gasteiger partial charge in [-0.15, -0.1) is 0 Å². The van der Waals surface area contributed by atoms with Crippen LogP contribution in [0, 0.1) is 0 Å². The fourth-order valence-corrected chi connectivity index (χ4v) is 4.52. The summed E-state index contributed by atoms with van der Waals surface area (Å²) in [4.78, 5) is 14.4. The lowest BCUT2D eigenvalue weighted by Gasteiger charge is -2.33. The Morgan fingerprint density at radius 2 is 1.85 bits per heavy atom. The summed E-state index contributed by atoms with van der Waals surface area (Å²) in [5.74, 6) is 2.33. The topological polar surface area (TPSA) is 91.6 Å². The number of ether oxygens (including phenoxy) is 1. The summed E-state index contributed by atoms with van der Waals surface area (Å²) in [6.45, 7) is 9.27. The molecule has 2 aliphatic heterocycles. The molecular formula is C24H31N7O2. The number of likely N-dealkylation sites (N-methyl/N-ethyl adjacent to an activating group) is 1. The van der Waals surface area contributed by atoms with E-state index in [4.69, 9.17) is 14.7 Å². The van der Waals surface area contributed by atoms with E-state index in [1.54, 1.807) is 4.68 Å². The third-order valence-corrected chi connectivity index (χ3v) is 6.19. The second kappa shape index (κ2) is 8.31. The number of nitrogens with one attached hydrogen (secondary N) is 1. The lowest BCUT2D eigenvalue weighted by molar-refractivity contribution is 0.0599. The molecule has 33 heavy (non-hydrogen) atoms. The van der Waals surface area contributed by atoms with E-state index in [1.165, 1.54) is 0 Å². The molecule has 4 heterocycles. The van der Waals surface area contributed by atoms with Crippen LogP contribution in [0.4, 0.5) is 17.3 Å². The van der Waals surface area contributed by atoms with Crippen molar-refractivity contribution in [3.63, 3.8) is 0 Å². The van der Waals surface area contributed by atoms with E-state index in [0.717, 1.165) is 47.2 Å². The Morgan fingerprint density at radius 3 is 2.52 bits per heavy atom. The molecule has 0 saturated carbocycles. The van der Waals surface area contributed by atoms with Crippen LogP contribution >= 0.6 is 0 Å². The minimum atomic E-state index is -0.960. The van der Waals surface area contributed by atoms with Crippen molar-refractivity contribution in [3.8, 4) is 22.6 Å². The normalized spacial score (nSPS) is 18.4. The van der Waals surface area contributed by atoms with E-state index in [2.05, 4.69) is 33.2 Å². The smallest absolute Gasteiger partial charge is 0.164 e. The van der Waals surface area contributed by atoms with Crippen LogP contribution in [0.3, 0.4) is 0 Å². The molecule has 2 N–H and O–H groups in total. The van der Waals surface area contributed by atoms with E-state index >= 15 is 0 Å². The Bertz CT molecular complexity index is 1150. The number of morpholine rings is 1. The van der Waals surface area contributed by atoms with Gasteiger partial charge in [-0.1, -0.05) is 18.2 Å². The zero-order chi connectivity index (χ0) is 23.2. The predicted molar refractivity (Wildman–Crippen MR) is 129 cm³/mol. The number of aryl methyl sites for hydroxylation is 1. The fourth-order valence-electron chi connectivity index (χ4n) is 4.52. The molecule has 1 atom stereocenters. The molecule has 5 rings (SSSR count). The summed E-state index contributed by atoms with van der Waals surface area (Å²) in [5.41, 5.74) is 2.77. The number of benzene rings is 1. The summed E-state index contributed by atoms with van der Waals surface area (Å²) in [5, 5.41) is 18.9. The van der Waals surface area contributed by atoms with Gasteiger partial charge in [0.1, 0.15) is 11.9 Å². The molecule has 1 fully saturated rings. The number of aliphatic hydroxyl groups is 1. The summed E-state index contributed by atoms with van der Waals surface area (Å²) in [6.07, 6.45) is 1.65.